The fraction of sp³-hybridized carbons (Fsp3) is 0.360. The summed E-state index contributed by atoms with van der Waals surface area (Å²) in [5.41, 5.74) is 3.33. The monoisotopic (exact) mass is 432 g/mol. The van der Waals surface area contributed by atoms with E-state index < -0.39 is 0 Å². The van der Waals surface area contributed by atoms with Gasteiger partial charge in [0.15, 0.2) is 0 Å². The SMILES string of the molecule is O=C(C1=Cc2cnc3cccc(n23)S1)N1CCC(CNCCCc2ccccc2)CC1. The first-order valence-electron chi connectivity index (χ1n) is 11.2. The number of carbonyl (C=O) groups is 1. The summed E-state index contributed by atoms with van der Waals surface area (Å²) in [4.78, 5) is 20.4. The molecule has 0 spiro atoms. The Bertz CT molecular complexity index is 1080. The van der Waals surface area contributed by atoms with Gasteiger partial charge in [-0.05, 0) is 68.5 Å². The number of aromatic nitrogens is 2. The first-order valence-corrected chi connectivity index (χ1v) is 12.0. The molecule has 4 heterocycles. The molecule has 0 unspecified atom stereocenters. The predicted molar refractivity (Wildman–Crippen MR) is 126 cm³/mol. The highest BCUT2D eigenvalue weighted by atomic mass is 32.2. The van der Waals surface area contributed by atoms with E-state index in [9.17, 15) is 4.79 Å². The van der Waals surface area contributed by atoms with Crippen molar-refractivity contribution in [2.24, 2.45) is 5.92 Å². The van der Waals surface area contributed by atoms with Crippen LogP contribution in [0.4, 0.5) is 0 Å². The molecule has 2 aliphatic heterocycles. The van der Waals surface area contributed by atoms with Crippen molar-refractivity contribution in [1.29, 1.82) is 0 Å². The van der Waals surface area contributed by atoms with Gasteiger partial charge in [0.25, 0.3) is 5.91 Å². The fourth-order valence-corrected chi connectivity index (χ4v) is 5.51. The quantitative estimate of drug-likeness (QED) is 0.568. The molecule has 5 rings (SSSR count). The van der Waals surface area contributed by atoms with Gasteiger partial charge in [0.05, 0.1) is 21.8 Å². The van der Waals surface area contributed by atoms with Gasteiger partial charge in [-0.1, -0.05) is 48.2 Å². The van der Waals surface area contributed by atoms with Crippen molar-refractivity contribution in [3.05, 3.63) is 70.9 Å². The molecular formula is C25H28N4OS. The van der Waals surface area contributed by atoms with Crippen LogP contribution in [0.3, 0.4) is 0 Å². The largest absolute Gasteiger partial charge is 0.338 e. The molecule has 0 atom stereocenters. The zero-order chi connectivity index (χ0) is 21.0. The summed E-state index contributed by atoms with van der Waals surface area (Å²) in [6.07, 6.45) is 8.27. The van der Waals surface area contributed by atoms with Gasteiger partial charge in [-0.15, -0.1) is 0 Å². The molecule has 5 nitrogen and oxygen atoms in total. The second-order valence-corrected chi connectivity index (χ2v) is 9.44. The van der Waals surface area contributed by atoms with E-state index in [1.54, 1.807) is 11.8 Å². The molecule has 2 aliphatic rings. The number of piperidine rings is 1. The van der Waals surface area contributed by atoms with Crippen molar-refractivity contribution in [3.63, 3.8) is 0 Å². The highest BCUT2D eigenvalue weighted by Gasteiger charge is 2.27. The molecule has 1 aromatic carbocycles. The number of benzene rings is 1. The lowest BCUT2D eigenvalue weighted by molar-refractivity contribution is -0.127. The van der Waals surface area contributed by atoms with E-state index in [0.717, 1.165) is 73.1 Å². The number of imidazole rings is 1. The second-order valence-electron chi connectivity index (χ2n) is 8.38. The van der Waals surface area contributed by atoms with Crippen molar-refractivity contribution >= 4 is 29.4 Å². The molecule has 2 aromatic heterocycles. The van der Waals surface area contributed by atoms with Crippen LogP contribution in [0.2, 0.25) is 0 Å². The van der Waals surface area contributed by atoms with Crippen LogP contribution in [-0.4, -0.2) is 46.4 Å². The fourth-order valence-electron chi connectivity index (χ4n) is 4.46. The van der Waals surface area contributed by atoms with Crippen molar-refractivity contribution in [2.45, 2.75) is 30.7 Å². The molecule has 1 amide bonds. The third-order valence-electron chi connectivity index (χ3n) is 6.22. The maximum Gasteiger partial charge on any atom is 0.260 e. The summed E-state index contributed by atoms with van der Waals surface area (Å²) in [5, 5.41) is 4.68. The Morgan fingerprint density at radius 3 is 2.77 bits per heavy atom. The first kappa shape index (κ1) is 20.3. The van der Waals surface area contributed by atoms with Gasteiger partial charge in [-0.2, -0.15) is 0 Å². The first-order chi connectivity index (χ1) is 15.3. The van der Waals surface area contributed by atoms with E-state index in [4.69, 9.17) is 0 Å². The van der Waals surface area contributed by atoms with Crippen LogP contribution in [-0.2, 0) is 11.2 Å². The Labute approximate surface area is 187 Å². The minimum absolute atomic E-state index is 0.156. The maximum absolute atomic E-state index is 13.1. The van der Waals surface area contributed by atoms with Gasteiger partial charge < -0.3 is 10.2 Å². The molecule has 6 heteroatoms. The molecule has 1 saturated heterocycles. The summed E-state index contributed by atoms with van der Waals surface area (Å²) < 4.78 is 2.11. The number of carbonyl (C=O) groups excluding carboxylic acids is 1. The van der Waals surface area contributed by atoms with Crippen LogP contribution in [0.15, 0.2) is 64.7 Å². The molecule has 160 valence electrons. The standard InChI is InChI=1S/C25H28N4OS/c30-25(22-16-21-18-27-23-9-4-10-24(31-22)29(21)23)28-14-11-20(12-15-28)17-26-13-5-8-19-6-2-1-3-7-19/h1-4,6-7,9-10,16,18,20,26H,5,8,11-15,17H2. The summed E-state index contributed by atoms with van der Waals surface area (Å²) in [6.45, 7) is 3.79. The van der Waals surface area contributed by atoms with Crippen LogP contribution in [0.5, 0.6) is 0 Å². The van der Waals surface area contributed by atoms with Crippen LogP contribution >= 0.6 is 11.8 Å². The molecular weight excluding hydrogens is 404 g/mol. The lowest BCUT2D eigenvalue weighted by Gasteiger charge is -2.33. The number of nitrogens with one attached hydrogen (secondary N) is 1. The van der Waals surface area contributed by atoms with Crippen molar-refractivity contribution < 1.29 is 4.79 Å². The number of likely N-dealkylation sites (tertiary alicyclic amines) is 1. The molecule has 31 heavy (non-hydrogen) atoms. The maximum atomic E-state index is 13.1. The number of hydrogen-bond acceptors (Lipinski definition) is 4. The minimum atomic E-state index is 0.156. The predicted octanol–water partition coefficient (Wildman–Crippen LogP) is 4.24. The van der Waals surface area contributed by atoms with Crippen LogP contribution in [0, 0.1) is 5.92 Å². The Balaban J connectivity index is 1.08. The molecule has 0 bridgehead atoms. The van der Waals surface area contributed by atoms with Gasteiger partial charge in [0.1, 0.15) is 5.65 Å². The number of hydrogen-bond donors (Lipinski definition) is 1. The normalized spacial score (nSPS) is 16.5. The van der Waals surface area contributed by atoms with E-state index in [2.05, 4.69) is 51.1 Å². The Kier molecular flexibility index (Phi) is 6.09. The van der Waals surface area contributed by atoms with Gasteiger partial charge in [0.2, 0.25) is 0 Å². The van der Waals surface area contributed by atoms with E-state index in [-0.39, 0.29) is 5.91 Å². The summed E-state index contributed by atoms with van der Waals surface area (Å²) >= 11 is 1.55. The van der Waals surface area contributed by atoms with E-state index in [0.29, 0.717) is 5.92 Å². The van der Waals surface area contributed by atoms with E-state index in [1.807, 2.05) is 29.3 Å². The molecule has 0 saturated carbocycles. The third-order valence-corrected chi connectivity index (χ3v) is 7.26. The van der Waals surface area contributed by atoms with E-state index >= 15 is 0 Å². The zero-order valence-electron chi connectivity index (χ0n) is 17.7. The number of thioether (sulfide) groups is 1. The average Bonchev–Trinajstić information content (AvgIpc) is 3.24. The summed E-state index contributed by atoms with van der Waals surface area (Å²) in [7, 11) is 0. The number of aryl methyl sites for hydroxylation is 1. The number of rotatable bonds is 7. The van der Waals surface area contributed by atoms with Gasteiger partial charge in [-0.3, -0.25) is 9.20 Å². The molecule has 0 radical (unpaired) electrons. The topological polar surface area (TPSA) is 49.6 Å². The average molecular weight is 433 g/mol. The number of nitrogens with zero attached hydrogens (tertiary/aromatic N) is 3. The minimum Gasteiger partial charge on any atom is -0.338 e. The summed E-state index contributed by atoms with van der Waals surface area (Å²) in [6, 6.07) is 16.7. The van der Waals surface area contributed by atoms with E-state index in [1.165, 1.54) is 5.56 Å². The third kappa shape index (κ3) is 4.55. The van der Waals surface area contributed by atoms with Gasteiger partial charge in [0, 0.05) is 13.1 Å². The highest BCUT2D eigenvalue weighted by Crippen LogP contribution is 2.35. The van der Waals surface area contributed by atoms with Crippen molar-refractivity contribution in [2.75, 3.05) is 26.2 Å². The molecule has 1 N–H and O–H groups in total. The number of pyridine rings is 1. The van der Waals surface area contributed by atoms with Crippen LogP contribution in [0.1, 0.15) is 30.5 Å². The smallest absolute Gasteiger partial charge is 0.260 e. The Morgan fingerprint density at radius 2 is 1.94 bits per heavy atom. The van der Waals surface area contributed by atoms with Crippen molar-refractivity contribution in [1.82, 2.24) is 19.6 Å². The lowest BCUT2D eigenvalue weighted by atomic mass is 9.96. The highest BCUT2D eigenvalue weighted by molar-refractivity contribution is 8.04. The van der Waals surface area contributed by atoms with Crippen molar-refractivity contribution in [3.8, 4) is 0 Å². The molecule has 1 fully saturated rings. The van der Waals surface area contributed by atoms with Crippen LogP contribution in [0.25, 0.3) is 11.7 Å². The van der Waals surface area contributed by atoms with Crippen LogP contribution < -0.4 is 5.32 Å². The summed E-state index contributed by atoms with van der Waals surface area (Å²) in [5.74, 6) is 0.813. The van der Waals surface area contributed by atoms with Gasteiger partial charge >= 0.3 is 0 Å². The number of amides is 1. The lowest BCUT2D eigenvalue weighted by Crippen LogP contribution is -2.41. The molecule has 3 aromatic rings. The zero-order valence-corrected chi connectivity index (χ0v) is 18.5. The Hall–Kier alpha value is -2.57. The van der Waals surface area contributed by atoms with Gasteiger partial charge in [-0.25, -0.2) is 4.98 Å². The second kappa shape index (κ2) is 9.28. The molecule has 0 aliphatic carbocycles. The Morgan fingerprint density at radius 1 is 1.10 bits per heavy atom.